The Balaban J connectivity index is 1.78. The Hall–Kier alpha value is -3.22. The molecule has 0 bridgehead atoms. The standard InChI is InChI=1S/C19H20N4O3/c1-4-17-21-22-19(26-17)14-6-8-18(25)23(10-14)11-16(24)20-15-7-5-12(2)13(3)9-15/h5-10H,4,11H2,1-3H3,(H,20,24). The Morgan fingerprint density at radius 2 is 1.96 bits per heavy atom. The average molecular weight is 352 g/mol. The molecule has 0 aliphatic rings. The molecule has 0 spiro atoms. The van der Waals surface area contributed by atoms with Crippen LogP contribution in [0, 0.1) is 13.8 Å². The summed E-state index contributed by atoms with van der Waals surface area (Å²) in [6.07, 6.45) is 2.18. The van der Waals surface area contributed by atoms with Gasteiger partial charge in [0.05, 0.1) is 5.56 Å². The fraction of sp³-hybridized carbons (Fsp3) is 0.263. The van der Waals surface area contributed by atoms with E-state index in [0.717, 1.165) is 11.1 Å². The molecule has 0 fully saturated rings. The first kappa shape index (κ1) is 17.6. The van der Waals surface area contributed by atoms with Crippen LogP contribution in [0.5, 0.6) is 0 Å². The number of rotatable bonds is 5. The molecule has 26 heavy (non-hydrogen) atoms. The second-order valence-electron chi connectivity index (χ2n) is 6.09. The number of aryl methyl sites for hydroxylation is 3. The van der Waals surface area contributed by atoms with Gasteiger partial charge in [0.15, 0.2) is 0 Å². The van der Waals surface area contributed by atoms with Gasteiger partial charge in [-0.15, -0.1) is 10.2 Å². The van der Waals surface area contributed by atoms with E-state index in [9.17, 15) is 9.59 Å². The topological polar surface area (TPSA) is 90.0 Å². The highest BCUT2D eigenvalue weighted by Crippen LogP contribution is 2.17. The third-order valence-corrected chi connectivity index (χ3v) is 4.10. The highest BCUT2D eigenvalue weighted by molar-refractivity contribution is 5.90. The molecule has 0 aliphatic carbocycles. The number of carbonyl (C=O) groups is 1. The van der Waals surface area contributed by atoms with E-state index >= 15 is 0 Å². The van der Waals surface area contributed by atoms with E-state index in [-0.39, 0.29) is 18.0 Å². The molecule has 1 aromatic carbocycles. The van der Waals surface area contributed by atoms with Crippen LogP contribution >= 0.6 is 0 Å². The van der Waals surface area contributed by atoms with Gasteiger partial charge in [0.25, 0.3) is 5.56 Å². The van der Waals surface area contributed by atoms with Crippen LogP contribution in [0.1, 0.15) is 23.9 Å². The summed E-state index contributed by atoms with van der Waals surface area (Å²) < 4.78 is 6.82. The largest absolute Gasteiger partial charge is 0.421 e. The van der Waals surface area contributed by atoms with Crippen molar-refractivity contribution in [2.24, 2.45) is 0 Å². The van der Waals surface area contributed by atoms with Gasteiger partial charge in [-0.3, -0.25) is 9.59 Å². The lowest BCUT2D eigenvalue weighted by molar-refractivity contribution is -0.116. The van der Waals surface area contributed by atoms with Crippen molar-refractivity contribution in [1.29, 1.82) is 0 Å². The highest BCUT2D eigenvalue weighted by atomic mass is 16.4. The molecule has 2 aromatic heterocycles. The molecule has 3 rings (SSSR count). The summed E-state index contributed by atoms with van der Waals surface area (Å²) in [6.45, 7) is 5.80. The van der Waals surface area contributed by atoms with Gasteiger partial charge in [-0.1, -0.05) is 13.0 Å². The summed E-state index contributed by atoms with van der Waals surface area (Å²) in [5, 5.41) is 10.7. The molecule has 134 valence electrons. The van der Waals surface area contributed by atoms with E-state index in [1.54, 1.807) is 12.3 Å². The van der Waals surface area contributed by atoms with Crippen LogP contribution in [0.2, 0.25) is 0 Å². The normalized spacial score (nSPS) is 10.7. The van der Waals surface area contributed by atoms with E-state index in [0.29, 0.717) is 29.5 Å². The van der Waals surface area contributed by atoms with Gasteiger partial charge < -0.3 is 14.3 Å². The molecular formula is C19H20N4O3. The molecular weight excluding hydrogens is 332 g/mol. The predicted octanol–water partition coefficient (Wildman–Crippen LogP) is 2.72. The fourth-order valence-electron chi connectivity index (χ4n) is 2.47. The quantitative estimate of drug-likeness (QED) is 0.762. The van der Waals surface area contributed by atoms with Crippen LogP contribution in [0.15, 0.2) is 45.7 Å². The van der Waals surface area contributed by atoms with Gasteiger partial charge in [-0.2, -0.15) is 0 Å². The number of hydrogen-bond acceptors (Lipinski definition) is 5. The third kappa shape index (κ3) is 3.88. The first-order chi connectivity index (χ1) is 12.5. The van der Waals surface area contributed by atoms with Gasteiger partial charge in [0, 0.05) is 24.4 Å². The molecule has 7 nitrogen and oxygen atoms in total. The van der Waals surface area contributed by atoms with Crippen LogP contribution in [-0.2, 0) is 17.8 Å². The number of aromatic nitrogens is 3. The maximum atomic E-state index is 12.3. The Labute approximate surface area is 150 Å². The number of nitrogens with one attached hydrogen (secondary N) is 1. The monoisotopic (exact) mass is 352 g/mol. The minimum atomic E-state index is -0.285. The summed E-state index contributed by atoms with van der Waals surface area (Å²) in [4.78, 5) is 24.4. The van der Waals surface area contributed by atoms with Crippen molar-refractivity contribution in [3.63, 3.8) is 0 Å². The van der Waals surface area contributed by atoms with E-state index in [4.69, 9.17) is 4.42 Å². The summed E-state index contributed by atoms with van der Waals surface area (Å²) in [6, 6.07) is 8.67. The molecule has 0 saturated heterocycles. The first-order valence-corrected chi connectivity index (χ1v) is 8.36. The van der Waals surface area contributed by atoms with Crippen molar-refractivity contribution < 1.29 is 9.21 Å². The molecule has 3 aromatic rings. The molecule has 0 aliphatic heterocycles. The van der Waals surface area contributed by atoms with E-state index < -0.39 is 0 Å². The zero-order valence-electron chi connectivity index (χ0n) is 14.9. The number of anilines is 1. The lowest BCUT2D eigenvalue weighted by atomic mass is 10.1. The van der Waals surface area contributed by atoms with Crippen LogP contribution in [0.3, 0.4) is 0 Å². The van der Waals surface area contributed by atoms with Crippen molar-refractivity contribution in [3.8, 4) is 11.5 Å². The van der Waals surface area contributed by atoms with Crippen molar-refractivity contribution in [2.75, 3.05) is 5.32 Å². The SMILES string of the molecule is CCc1nnc(-c2ccc(=O)n(CC(=O)Nc3ccc(C)c(C)c3)c2)o1. The number of pyridine rings is 1. The second kappa shape index (κ2) is 7.35. The summed E-state index contributed by atoms with van der Waals surface area (Å²) in [5.41, 5.74) is 3.25. The summed E-state index contributed by atoms with van der Waals surface area (Å²) in [5.74, 6) is 0.558. The maximum absolute atomic E-state index is 12.3. The van der Waals surface area contributed by atoms with Gasteiger partial charge in [0.2, 0.25) is 17.7 Å². The molecule has 7 heteroatoms. The predicted molar refractivity (Wildman–Crippen MR) is 97.9 cm³/mol. The Morgan fingerprint density at radius 3 is 2.65 bits per heavy atom. The van der Waals surface area contributed by atoms with E-state index in [2.05, 4.69) is 15.5 Å². The third-order valence-electron chi connectivity index (χ3n) is 4.10. The van der Waals surface area contributed by atoms with Crippen LogP contribution in [-0.4, -0.2) is 20.7 Å². The lowest BCUT2D eigenvalue weighted by Gasteiger charge is -2.09. The Kier molecular flexibility index (Phi) is 4.97. The second-order valence-corrected chi connectivity index (χ2v) is 6.09. The van der Waals surface area contributed by atoms with Gasteiger partial charge in [-0.25, -0.2) is 0 Å². The fourth-order valence-corrected chi connectivity index (χ4v) is 2.47. The Bertz CT molecular complexity index is 1000. The van der Waals surface area contributed by atoms with Gasteiger partial charge >= 0.3 is 0 Å². The van der Waals surface area contributed by atoms with Crippen LogP contribution in [0.4, 0.5) is 5.69 Å². The molecule has 0 unspecified atom stereocenters. The zero-order valence-corrected chi connectivity index (χ0v) is 14.9. The molecule has 1 N–H and O–H groups in total. The number of benzene rings is 1. The molecule has 2 heterocycles. The lowest BCUT2D eigenvalue weighted by Crippen LogP contribution is -2.26. The number of amides is 1. The molecule has 0 radical (unpaired) electrons. The molecule has 0 atom stereocenters. The average Bonchev–Trinajstić information content (AvgIpc) is 3.09. The van der Waals surface area contributed by atoms with Crippen molar-refractivity contribution in [1.82, 2.24) is 14.8 Å². The minimum absolute atomic E-state index is 0.103. The van der Waals surface area contributed by atoms with Crippen LogP contribution < -0.4 is 10.9 Å². The summed E-state index contributed by atoms with van der Waals surface area (Å²) >= 11 is 0. The Morgan fingerprint density at radius 1 is 1.15 bits per heavy atom. The highest BCUT2D eigenvalue weighted by Gasteiger charge is 2.11. The van der Waals surface area contributed by atoms with E-state index in [1.165, 1.54) is 10.6 Å². The van der Waals surface area contributed by atoms with E-state index in [1.807, 2.05) is 39.0 Å². The zero-order chi connectivity index (χ0) is 18.7. The number of nitrogens with zero attached hydrogens (tertiary/aromatic N) is 3. The molecule has 0 saturated carbocycles. The maximum Gasteiger partial charge on any atom is 0.251 e. The molecule has 1 amide bonds. The smallest absolute Gasteiger partial charge is 0.251 e. The first-order valence-electron chi connectivity index (χ1n) is 8.36. The van der Waals surface area contributed by atoms with Gasteiger partial charge in [-0.05, 0) is 43.2 Å². The van der Waals surface area contributed by atoms with Gasteiger partial charge in [0.1, 0.15) is 6.54 Å². The number of hydrogen-bond donors (Lipinski definition) is 1. The summed E-state index contributed by atoms with van der Waals surface area (Å²) in [7, 11) is 0. The van der Waals surface area contributed by atoms with Crippen molar-refractivity contribution in [3.05, 3.63) is 63.9 Å². The number of carbonyl (C=O) groups excluding carboxylic acids is 1. The van der Waals surface area contributed by atoms with Crippen molar-refractivity contribution >= 4 is 11.6 Å². The minimum Gasteiger partial charge on any atom is -0.421 e. The van der Waals surface area contributed by atoms with Crippen LogP contribution in [0.25, 0.3) is 11.5 Å². The van der Waals surface area contributed by atoms with Crippen molar-refractivity contribution in [2.45, 2.75) is 33.7 Å².